The number of rotatable bonds is 6. The van der Waals surface area contributed by atoms with Gasteiger partial charge in [0.2, 0.25) is 5.91 Å². The van der Waals surface area contributed by atoms with Gasteiger partial charge < -0.3 is 5.32 Å². The zero-order valence-electron chi connectivity index (χ0n) is 15.4. The van der Waals surface area contributed by atoms with Crippen molar-refractivity contribution in [2.75, 3.05) is 5.75 Å². The molecule has 2 aromatic heterocycles. The predicted octanol–water partition coefficient (Wildman–Crippen LogP) is 5.08. The van der Waals surface area contributed by atoms with Crippen LogP contribution in [0.4, 0.5) is 0 Å². The molecule has 0 spiro atoms. The van der Waals surface area contributed by atoms with Gasteiger partial charge in [0.15, 0.2) is 0 Å². The summed E-state index contributed by atoms with van der Waals surface area (Å²) in [7, 11) is 0. The van der Waals surface area contributed by atoms with E-state index in [1.54, 1.807) is 17.7 Å². The van der Waals surface area contributed by atoms with Gasteiger partial charge in [-0.2, -0.15) is 0 Å². The van der Waals surface area contributed by atoms with Crippen LogP contribution < -0.4 is 5.32 Å². The molecule has 0 unspecified atom stereocenters. The van der Waals surface area contributed by atoms with Gasteiger partial charge in [0, 0.05) is 17.5 Å². The summed E-state index contributed by atoms with van der Waals surface area (Å²) in [6.45, 7) is 2.61. The Morgan fingerprint density at radius 2 is 1.86 bits per heavy atom. The third kappa shape index (κ3) is 4.24. The van der Waals surface area contributed by atoms with Gasteiger partial charge in [0.1, 0.15) is 16.2 Å². The summed E-state index contributed by atoms with van der Waals surface area (Å²) >= 11 is 3.06. The highest BCUT2D eigenvalue weighted by Crippen LogP contribution is 2.37. The number of nitrogens with zero attached hydrogens (tertiary/aromatic N) is 2. The summed E-state index contributed by atoms with van der Waals surface area (Å²) < 4.78 is 0. The highest BCUT2D eigenvalue weighted by molar-refractivity contribution is 8.00. The Balaban J connectivity index is 1.50. The van der Waals surface area contributed by atoms with Gasteiger partial charge >= 0.3 is 0 Å². The fourth-order valence-electron chi connectivity index (χ4n) is 2.88. The van der Waals surface area contributed by atoms with Gasteiger partial charge in [0.25, 0.3) is 0 Å². The summed E-state index contributed by atoms with van der Waals surface area (Å²) in [6, 6.07) is 18.3. The van der Waals surface area contributed by atoms with Crippen LogP contribution in [0.2, 0.25) is 0 Å². The van der Waals surface area contributed by atoms with E-state index in [2.05, 4.69) is 51.9 Å². The van der Waals surface area contributed by atoms with Crippen molar-refractivity contribution < 1.29 is 4.79 Å². The first-order valence-electron chi connectivity index (χ1n) is 8.93. The predicted molar refractivity (Wildman–Crippen MR) is 117 cm³/mol. The third-order valence-corrected chi connectivity index (χ3v) is 6.25. The number of aromatic nitrogens is 2. The van der Waals surface area contributed by atoms with Crippen LogP contribution in [0.1, 0.15) is 11.1 Å². The van der Waals surface area contributed by atoms with Crippen LogP contribution >= 0.6 is 23.1 Å². The molecule has 0 aliphatic rings. The smallest absolute Gasteiger partial charge is 0.230 e. The fourth-order valence-corrected chi connectivity index (χ4v) is 4.71. The molecule has 6 heteroatoms. The first kappa shape index (κ1) is 18.7. The molecule has 2 heterocycles. The summed E-state index contributed by atoms with van der Waals surface area (Å²) in [4.78, 5) is 22.1. The maximum atomic E-state index is 12.3. The van der Waals surface area contributed by atoms with Gasteiger partial charge in [-0.25, -0.2) is 9.97 Å². The minimum absolute atomic E-state index is 0.00673. The molecule has 2 aromatic carbocycles. The lowest BCUT2D eigenvalue weighted by Gasteiger charge is -2.07. The van der Waals surface area contributed by atoms with E-state index in [4.69, 9.17) is 0 Å². The van der Waals surface area contributed by atoms with E-state index in [9.17, 15) is 4.79 Å². The normalized spacial score (nSPS) is 10.9. The van der Waals surface area contributed by atoms with Crippen LogP contribution in [0, 0.1) is 6.92 Å². The molecule has 0 aliphatic carbocycles. The number of hydrogen-bond donors (Lipinski definition) is 1. The average Bonchev–Trinajstić information content (AvgIpc) is 3.17. The number of benzene rings is 2. The molecule has 0 bridgehead atoms. The summed E-state index contributed by atoms with van der Waals surface area (Å²) in [6.07, 6.45) is 1.57. The topological polar surface area (TPSA) is 54.9 Å². The number of carbonyl (C=O) groups is 1. The van der Waals surface area contributed by atoms with E-state index < -0.39 is 0 Å². The number of fused-ring (bicyclic) bond motifs is 1. The van der Waals surface area contributed by atoms with Gasteiger partial charge in [-0.05, 0) is 18.1 Å². The third-order valence-electron chi connectivity index (χ3n) is 4.37. The fraction of sp³-hybridized carbons (Fsp3) is 0.136. The average molecular weight is 406 g/mol. The Bertz CT molecular complexity index is 1090. The van der Waals surface area contributed by atoms with Crippen LogP contribution in [0.25, 0.3) is 21.3 Å². The molecule has 0 atom stereocenters. The second-order valence-corrected chi connectivity index (χ2v) is 8.25. The second kappa shape index (κ2) is 8.54. The van der Waals surface area contributed by atoms with E-state index in [-0.39, 0.29) is 5.91 Å². The molecular weight excluding hydrogens is 386 g/mol. The Kier molecular flexibility index (Phi) is 5.69. The molecule has 0 radical (unpaired) electrons. The van der Waals surface area contributed by atoms with Crippen molar-refractivity contribution >= 4 is 39.2 Å². The Labute approximate surface area is 172 Å². The summed E-state index contributed by atoms with van der Waals surface area (Å²) in [5.41, 5.74) is 4.57. The molecule has 1 amide bonds. The molecule has 4 nitrogen and oxygen atoms in total. The Morgan fingerprint density at radius 1 is 1.07 bits per heavy atom. The van der Waals surface area contributed by atoms with Crippen LogP contribution in [0.5, 0.6) is 0 Å². The first-order valence-corrected chi connectivity index (χ1v) is 10.8. The van der Waals surface area contributed by atoms with Gasteiger partial charge in [-0.15, -0.1) is 11.3 Å². The van der Waals surface area contributed by atoms with Crippen LogP contribution in [-0.4, -0.2) is 21.6 Å². The van der Waals surface area contributed by atoms with Crippen LogP contribution in [0.15, 0.2) is 71.3 Å². The van der Waals surface area contributed by atoms with E-state index >= 15 is 0 Å². The number of amides is 1. The van der Waals surface area contributed by atoms with E-state index in [0.717, 1.165) is 31.9 Å². The van der Waals surface area contributed by atoms with E-state index in [0.29, 0.717) is 12.3 Å². The highest BCUT2D eigenvalue weighted by atomic mass is 32.2. The second-order valence-electron chi connectivity index (χ2n) is 6.43. The zero-order valence-corrected chi connectivity index (χ0v) is 17.0. The van der Waals surface area contributed by atoms with E-state index in [1.807, 2.05) is 30.3 Å². The van der Waals surface area contributed by atoms with Crippen molar-refractivity contribution in [2.45, 2.75) is 18.5 Å². The van der Waals surface area contributed by atoms with Crippen molar-refractivity contribution in [3.8, 4) is 11.1 Å². The highest BCUT2D eigenvalue weighted by Gasteiger charge is 2.14. The minimum Gasteiger partial charge on any atom is -0.351 e. The molecule has 0 fully saturated rings. The quantitative estimate of drug-likeness (QED) is 0.359. The molecule has 28 heavy (non-hydrogen) atoms. The van der Waals surface area contributed by atoms with Crippen molar-refractivity contribution in [3.63, 3.8) is 0 Å². The number of hydrogen-bond acceptors (Lipinski definition) is 5. The number of aryl methyl sites for hydroxylation is 1. The minimum atomic E-state index is -0.00673. The van der Waals surface area contributed by atoms with Crippen molar-refractivity contribution in [1.82, 2.24) is 15.3 Å². The molecule has 140 valence electrons. The molecule has 4 rings (SSSR count). The van der Waals surface area contributed by atoms with Crippen molar-refractivity contribution in [2.24, 2.45) is 0 Å². The standard InChI is InChI=1S/C22H19N3OS2/c1-15-7-9-17(10-8-15)18-12-27-21-20(18)22(25-14-24-21)28-13-19(26)23-11-16-5-3-2-4-6-16/h2-10,12,14H,11,13H2,1H3,(H,23,26). The largest absolute Gasteiger partial charge is 0.351 e. The monoisotopic (exact) mass is 405 g/mol. The lowest BCUT2D eigenvalue weighted by molar-refractivity contribution is -0.118. The number of carbonyl (C=O) groups excluding carboxylic acids is 1. The first-order chi connectivity index (χ1) is 13.7. The molecule has 1 N–H and O–H groups in total. The summed E-state index contributed by atoms with van der Waals surface area (Å²) in [5.74, 6) is 0.315. The zero-order chi connectivity index (χ0) is 19.3. The Morgan fingerprint density at radius 3 is 2.64 bits per heavy atom. The lowest BCUT2D eigenvalue weighted by atomic mass is 10.1. The molecule has 4 aromatic rings. The van der Waals surface area contributed by atoms with E-state index in [1.165, 1.54) is 17.3 Å². The lowest BCUT2D eigenvalue weighted by Crippen LogP contribution is -2.24. The van der Waals surface area contributed by atoms with Crippen LogP contribution in [-0.2, 0) is 11.3 Å². The van der Waals surface area contributed by atoms with Crippen molar-refractivity contribution in [3.05, 3.63) is 77.4 Å². The number of thioether (sulfide) groups is 1. The maximum Gasteiger partial charge on any atom is 0.230 e. The molecule has 0 saturated carbocycles. The van der Waals surface area contributed by atoms with Gasteiger partial charge in [-0.1, -0.05) is 71.9 Å². The molecular formula is C22H19N3OS2. The van der Waals surface area contributed by atoms with Crippen molar-refractivity contribution in [1.29, 1.82) is 0 Å². The summed E-state index contributed by atoms with van der Waals surface area (Å²) in [5, 5.41) is 6.95. The SMILES string of the molecule is Cc1ccc(-c2csc3ncnc(SCC(=O)NCc4ccccc4)c23)cc1. The maximum absolute atomic E-state index is 12.3. The molecule has 0 aliphatic heterocycles. The van der Waals surface area contributed by atoms with Crippen LogP contribution in [0.3, 0.4) is 0 Å². The Hall–Kier alpha value is -2.70. The molecule has 0 saturated heterocycles. The number of nitrogens with one attached hydrogen (secondary N) is 1. The van der Waals surface area contributed by atoms with Gasteiger partial charge in [-0.3, -0.25) is 4.79 Å². The van der Waals surface area contributed by atoms with Gasteiger partial charge in [0.05, 0.1) is 11.1 Å². The number of thiophene rings is 1.